The van der Waals surface area contributed by atoms with Crippen molar-refractivity contribution >= 4 is 27.8 Å². The number of pyridine rings is 1. The van der Waals surface area contributed by atoms with Crippen LogP contribution in [0.5, 0.6) is 5.75 Å². The number of rotatable bonds is 7. The number of nitrogens with one attached hydrogen (secondary N) is 1. The molecule has 0 bridgehead atoms. The van der Waals surface area contributed by atoms with Crippen molar-refractivity contribution in [1.29, 1.82) is 0 Å². The number of amides is 1. The van der Waals surface area contributed by atoms with Crippen LogP contribution in [0.2, 0.25) is 0 Å². The Morgan fingerprint density at radius 1 is 1.28 bits per heavy atom. The molecule has 0 aliphatic carbocycles. The van der Waals surface area contributed by atoms with E-state index in [0.717, 1.165) is 10.6 Å². The minimum atomic E-state index is -3.64. The van der Waals surface area contributed by atoms with E-state index in [-0.39, 0.29) is 0 Å². The molecule has 0 saturated carbocycles. The van der Waals surface area contributed by atoms with Gasteiger partial charge in [-0.25, -0.2) is 13.8 Å². The zero-order valence-electron chi connectivity index (χ0n) is 13.8. The summed E-state index contributed by atoms with van der Waals surface area (Å²) in [6.45, 7) is -0.398. The number of carbonyl (C=O) groups excluding carboxylic acids is 1. The van der Waals surface area contributed by atoms with Crippen LogP contribution in [0.15, 0.2) is 53.8 Å². The molecule has 1 N–H and O–H groups in total. The molecule has 2 aromatic rings. The fourth-order valence-corrected chi connectivity index (χ4v) is 2.79. The van der Waals surface area contributed by atoms with Crippen LogP contribution in [0, 0.1) is 0 Å². The van der Waals surface area contributed by atoms with Crippen LogP contribution < -0.4 is 14.5 Å². The molecule has 1 heterocycles. The number of sulfonamides is 1. The second-order valence-corrected chi connectivity index (χ2v) is 6.92. The summed E-state index contributed by atoms with van der Waals surface area (Å²) in [6.07, 6.45) is 4.00. The largest absolute Gasteiger partial charge is 0.497 e. The maximum Gasteiger partial charge on any atom is 0.260 e. The number of hydrazone groups is 1. The summed E-state index contributed by atoms with van der Waals surface area (Å²) in [4.78, 5) is 16.0. The van der Waals surface area contributed by atoms with Gasteiger partial charge in [0.05, 0.1) is 31.0 Å². The van der Waals surface area contributed by atoms with Crippen molar-refractivity contribution in [2.45, 2.75) is 0 Å². The molecule has 0 aliphatic rings. The first-order valence-corrected chi connectivity index (χ1v) is 9.09. The van der Waals surface area contributed by atoms with Crippen LogP contribution in [0.3, 0.4) is 0 Å². The second kappa shape index (κ2) is 8.25. The van der Waals surface area contributed by atoms with Gasteiger partial charge in [-0.1, -0.05) is 6.07 Å². The third-order valence-corrected chi connectivity index (χ3v) is 4.26. The lowest BCUT2D eigenvalue weighted by molar-refractivity contribution is -0.119. The van der Waals surface area contributed by atoms with Crippen molar-refractivity contribution in [1.82, 2.24) is 10.4 Å². The second-order valence-electron chi connectivity index (χ2n) is 5.02. The Balaban J connectivity index is 2.06. The third kappa shape index (κ3) is 5.57. The van der Waals surface area contributed by atoms with Crippen LogP contribution >= 0.6 is 0 Å². The van der Waals surface area contributed by atoms with Crippen molar-refractivity contribution < 1.29 is 17.9 Å². The Hall–Kier alpha value is -2.94. The molecule has 0 spiro atoms. The molecule has 0 radical (unpaired) electrons. The Kier molecular flexibility index (Phi) is 6.07. The molecular formula is C16H18N4O4S. The first-order valence-electron chi connectivity index (χ1n) is 7.25. The maximum absolute atomic E-state index is 12.0. The molecule has 9 heteroatoms. The fourth-order valence-electron chi connectivity index (χ4n) is 1.94. The number of carbonyl (C=O) groups is 1. The zero-order valence-corrected chi connectivity index (χ0v) is 14.6. The molecule has 0 fully saturated rings. The van der Waals surface area contributed by atoms with Gasteiger partial charge in [-0.15, -0.1) is 0 Å². The number of hydrogen-bond acceptors (Lipinski definition) is 6. The SMILES string of the molecule is COc1ccc(N(CC(=O)N/N=C\c2ccccn2)S(C)(=O)=O)cc1. The topological polar surface area (TPSA) is 101 Å². The number of nitrogens with zero attached hydrogens (tertiary/aromatic N) is 3. The molecule has 132 valence electrons. The van der Waals surface area contributed by atoms with Crippen LogP contribution in [-0.2, 0) is 14.8 Å². The lowest BCUT2D eigenvalue weighted by Crippen LogP contribution is -2.39. The Bertz CT molecular complexity index is 836. The molecule has 0 aliphatic heterocycles. The highest BCUT2D eigenvalue weighted by molar-refractivity contribution is 7.92. The van der Waals surface area contributed by atoms with Crippen LogP contribution in [0.4, 0.5) is 5.69 Å². The molecule has 8 nitrogen and oxygen atoms in total. The standard InChI is InChI=1S/C16H18N4O4S/c1-24-15-8-6-14(7-9-15)20(25(2,22)23)12-16(21)19-18-11-13-5-3-4-10-17-13/h3-11H,12H2,1-2H3,(H,19,21)/b18-11-. The van der Waals surface area contributed by atoms with Gasteiger partial charge in [0.1, 0.15) is 12.3 Å². The highest BCUT2D eigenvalue weighted by Gasteiger charge is 2.20. The van der Waals surface area contributed by atoms with Gasteiger partial charge in [-0.2, -0.15) is 5.10 Å². The summed E-state index contributed by atoms with van der Waals surface area (Å²) in [7, 11) is -2.13. The van der Waals surface area contributed by atoms with E-state index in [4.69, 9.17) is 4.74 Å². The van der Waals surface area contributed by atoms with Crippen LogP contribution in [-0.4, -0.2) is 45.4 Å². The lowest BCUT2D eigenvalue weighted by Gasteiger charge is -2.21. The number of methoxy groups -OCH3 is 1. The Labute approximate surface area is 146 Å². The number of hydrogen-bond donors (Lipinski definition) is 1. The Morgan fingerprint density at radius 3 is 2.56 bits per heavy atom. The van der Waals surface area contributed by atoms with Crippen molar-refractivity contribution in [3.63, 3.8) is 0 Å². The molecule has 1 aromatic heterocycles. The van der Waals surface area contributed by atoms with Gasteiger partial charge in [0.25, 0.3) is 5.91 Å². The van der Waals surface area contributed by atoms with Crippen molar-refractivity contribution in [2.24, 2.45) is 5.10 Å². The van der Waals surface area contributed by atoms with Gasteiger partial charge in [0.2, 0.25) is 10.0 Å². The van der Waals surface area contributed by atoms with Crippen LogP contribution in [0.25, 0.3) is 0 Å². The number of aromatic nitrogens is 1. The molecule has 1 amide bonds. The van der Waals surface area contributed by atoms with E-state index >= 15 is 0 Å². The summed E-state index contributed by atoms with van der Waals surface area (Å²) < 4.78 is 30.0. The average molecular weight is 362 g/mol. The van der Waals surface area contributed by atoms with Gasteiger partial charge in [0.15, 0.2) is 0 Å². The van der Waals surface area contributed by atoms with Crippen molar-refractivity contribution in [3.05, 3.63) is 54.4 Å². The zero-order chi connectivity index (χ0) is 18.3. The minimum absolute atomic E-state index is 0.354. The molecule has 0 unspecified atom stereocenters. The summed E-state index contributed by atoms with van der Waals surface area (Å²) >= 11 is 0. The highest BCUT2D eigenvalue weighted by Crippen LogP contribution is 2.21. The molecule has 0 saturated heterocycles. The van der Waals surface area contributed by atoms with E-state index in [9.17, 15) is 13.2 Å². The lowest BCUT2D eigenvalue weighted by atomic mass is 10.3. The molecular weight excluding hydrogens is 344 g/mol. The van der Waals surface area contributed by atoms with E-state index in [1.54, 1.807) is 48.7 Å². The number of ether oxygens (including phenoxy) is 1. The molecule has 25 heavy (non-hydrogen) atoms. The number of anilines is 1. The highest BCUT2D eigenvalue weighted by atomic mass is 32.2. The maximum atomic E-state index is 12.0. The predicted molar refractivity (Wildman–Crippen MR) is 95.2 cm³/mol. The van der Waals surface area contributed by atoms with E-state index in [2.05, 4.69) is 15.5 Å². The Morgan fingerprint density at radius 2 is 2.00 bits per heavy atom. The van der Waals surface area contributed by atoms with E-state index < -0.39 is 22.5 Å². The van der Waals surface area contributed by atoms with Gasteiger partial charge >= 0.3 is 0 Å². The molecule has 1 aromatic carbocycles. The normalized spacial score (nSPS) is 11.3. The quantitative estimate of drug-likeness (QED) is 0.585. The number of benzene rings is 1. The fraction of sp³-hybridized carbons (Fsp3) is 0.188. The van der Waals surface area contributed by atoms with Gasteiger partial charge in [-0.05, 0) is 36.4 Å². The van der Waals surface area contributed by atoms with E-state index in [1.165, 1.54) is 13.3 Å². The predicted octanol–water partition coefficient (Wildman–Crippen LogP) is 1.01. The smallest absolute Gasteiger partial charge is 0.260 e. The minimum Gasteiger partial charge on any atom is -0.497 e. The summed E-state index contributed by atoms with van der Waals surface area (Å²) in [5.74, 6) is 0.00929. The summed E-state index contributed by atoms with van der Waals surface area (Å²) in [5, 5.41) is 3.77. The van der Waals surface area contributed by atoms with Crippen LogP contribution in [0.1, 0.15) is 5.69 Å². The summed E-state index contributed by atoms with van der Waals surface area (Å²) in [5.41, 5.74) is 3.21. The molecule has 2 rings (SSSR count). The van der Waals surface area contributed by atoms with Gasteiger partial charge in [0, 0.05) is 6.20 Å². The summed E-state index contributed by atoms with van der Waals surface area (Å²) in [6, 6.07) is 11.6. The molecule has 0 atom stereocenters. The first kappa shape index (κ1) is 18.4. The first-order chi connectivity index (χ1) is 11.9. The van der Waals surface area contributed by atoms with E-state index in [1.807, 2.05) is 0 Å². The third-order valence-electron chi connectivity index (χ3n) is 3.12. The van der Waals surface area contributed by atoms with E-state index in [0.29, 0.717) is 17.1 Å². The van der Waals surface area contributed by atoms with Crippen molar-refractivity contribution in [3.8, 4) is 5.75 Å². The van der Waals surface area contributed by atoms with Gasteiger partial charge < -0.3 is 4.74 Å². The monoisotopic (exact) mass is 362 g/mol. The average Bonchev–Trinajstić information content (AvgIpc) is 2.60. The van der Waals surface area contributed by atoms with Gasteiger partial charge in [-0.3, -0.25) is 14.1 Å². The van der Waals surface area contributed by atoms with Crippen molar-refractivity contribution in [2.75, 3.05) is 24.2 Å².